The summed E-state index contributed by atoms with van der Waals surface area (Å²) in [6.45, 7) is 1.47. The van der Waals surface area contributed by atoms with Crippen LogP contribution < -0.4 is 0 Å². The van der Waals surface area contributed by atoms with Crippen molar-refractivity contribution in [3.8, 4) is 0 Å². The Hall–Kier alpha value is -0.140. The molecule has 0 aliphatic heterocycles. The molecule has 68 valence electrons. The van der Waals surface area contributed by atoms with Crippen LogP contribution in [0.3, 0.4) is 0 Å². The molecule has 2 atom stereocenters. The van der Waals surface area contributed by atoms with E-state index in [4.69, 9.17) is 0 Å². The summed E-state index contributed by atoms with van der Waals surface area (Å²) < 4.78 is 52.5. The minimum absolute atomic E-state index is 0.00255. The molecule has 0 aliphatic carbocycles. The van der Waals surface area contributed by atoms with E-state index in [0.29, 0.717) is 0 Å². The Kier molecular flexibility index (Phi) is 5.43. The molecule has 0 heterocycles. The van der Waals surface area contributed by atoms with Gasteiger partial charge >= 0.3 is 11.4 Å². The summed E-state index contributed by atoms with van der Waals surface area (Å²) in [4.78, 5) is 0. The second-order valence-corrected chi connectivity index (χ2v) is 2.23. The number of alkyl halides is 3. The Labute approximate surface area is 64.4 Å². The van der Waals surface area contributed by atoms with Crippen molar-refractivity contribution < 1.29 is 25.7 Å². The van der Waals surface area contributed by atoms with Gasteiger partial charge in [0, 0.05) is 0 Å². The Balaban J connectivity index is 3.57. The maximum Gasteiger partial charge on any atom is 0.307 e. The minimum atomic E-state index is -3.31. The van der Waals surface area contributed by atoms with E-state index in [1.165, 1.54) is 6.92 Å². The van der Waals surface area contributed by atoms with Crippen molar-refractivity contribution in [3.05, 3.63) is 0 Å². The van der Waals surface area contributed by atoms with Crippen LogP contribution in [-0.2, 0) is 19.7 Å². The van der Waals surface area contributed by atoms with Gasteiger partial charge in [-0.1, -0.05) is 0 Å². The monoisotopic (exact) mass is 192 g/mol. The zero-order chi connectivity index (χ0) is 8.85. The van der Waals surface area contributed by atoms with Crippen LogP contribution in [-0.4, -0.2) is 23.6 Å². The van der Waals surface area contributed by atoms with Crippen LogP contribution in [0.2, 0.25) is 0 Å². The summed E-state index contributed by atoms with van der Waals surface area (Å²) in [5.41, 5.74) is 0. The Morgan fingerprint density at radius 3 is 2.36 bits per heavy atom. The third-order valence-corrected chi connectivity index (χ3v) is 1.35. The highest BCUT2D eigenvalue weighted by Gasteiger charge is 2.23. The van der Waals surface area contributed by atoms with Crippen molar-refractivity contribution in [3.63, 3.8) is 0 Å². The molecular formula is C4H7F3O3S. The van der Waals surface area contributed by atoms with Crippen molar-refractivity contribution in [2.75, 3.05) is 6.61 Å². The lowest BCUT2D eigenvalue weighted by molar-refractivity contribution is -0.0655. The fourth-order valence-corrected chi connectivity index (χ4v) is 0.723. The van der Waals surface area contributed by atoms with Crippen molar-refractivity contribution in [2.45, 2.75) is 19.7 Å². The summed E-state index contributed by atoms with van der Waals surface area (Å²) in [5, 5.41) is 0. The van der Waals surface area contributed by atoms with Gasteiger partial charge in [-0.25, -0.2) is 17.4 Å². The highest BCUT2D eigenvalue weighted by molar-refractivity contribution is 7.75. The maximum atomic E-state index is 11.9. The molecule has 2 unspecified atom stereocenters. The standard InChI is InChI=1S/C4H7F3O3S/c1-2-9-11(8)10-4(7)3(5)6/h3-4H,2H2,1H3. The van der Waals surface area contributed by atoms with E-state index in [1.807, 2.05) is 0 Å². The van der Waals surface area contributed by atoms with E-state index in [0.717, 1.165) is 0 Å². The molecule has 0 saturated heterocycles. The molecule has 0 aromatic rings. The first-order valence-electron chi connectivity index (χ1n) is 2.72. The summed E-state index contributed by atoms with van der Waals surface area (Å²) >= 11 is -2.43. The molecule has 11 heavy (non-hydrogen) atoms. The predicted octanol–water partition coefficient (Wildman–Crippen LogP) is 1.18. The molecule has 0 spiro atoms. The van der Waals surface area contributed by atoms with Gasteiger partial charge in [0.25, 0.3) is 12.8 Å². The normalized spacial score (nSPS) is 16.8. The molecule has 0 rings (SSSR count). The van der Waals surface area contributed by atoms with Crippen molar-refractivity contribution in [1.82, 2.24) is 0 Å². The van der Waals surface area contributed by atoms with Gasteiger partial charge in [0.2, 0.25) is 0 Å². The van der Waals surface area contributed by atoms with E-state index >= 15 is 0 Å². The van der Waals surface area contributed by atoms with Gasteiger partial charge in [0.1, 0.15) is 0 Å². The predicted molar refractivity (Wildman–Crippen MR) is 31.8 cm³/mol. The van der Waals surface area contributed by atoms with Gasteiger partial charge in [-0.05, 0) is 6.92 Å². The second-order valence-electron chi connectivity index (χ2n) is 1.39. The second kappa shape index (κ2) is 5.50. The average molecular weight is 192 g/mol. The lowest BCUT2D eigenvalue weighted by atomic mass is 10.7. The van der Waals surface area contributed by atoms with Crippen molar-refractivity contribution in [2.24, 2.45) is 0 Å². The van der Waals surface area contributed by atoms with Gasteiger partial charge < -0.3 is 0 Å². The highest BCUT2D eigenvalue weighted by atomic mass is 32.2. The van der Waals surface area contributed by atoms with Crippen LogP contribution in [0.15, 0.2) is 0 Å². The quantitative estimate of drug-likeness (QED) is 0.656. The van der Waals surface area contributed by atoms with E-state index < -0.39 is 24.1 Å². The van der Waals surface area contributed by atoms with Crippen LogP contribution in [0.25, 0.3) is 0 Å². The van der Waals surface area contributed by atoms with Crippen molar-refractivity contribution in [1.29, 1.82) is 0 Å². The Morgan fingerprint density at radius 2 is 2.00 bits per heavy atom. The molecule has 0 saturated carbocycles. The van der Waals surface area contributed by atoms with Crippen LogP contribution in [0.4, 0.5) is 13.2 Å². The number of hydrogen-bond acceptors (Lipinski definition) is 3. The van der Waals surface area contributed by atoms with Gasteiger partial charge in [-0.15, -0.1) is 0 Å². The first kappa shape index (κ1) is 10.9. The van der Waals surface area contributed by atoms with E-state index in [9.17, 15) is 17.4 Å². The van der Waals surface area contributed by atoms with Crippen molar-refractivity contribution >= 4 is 11.4 Å². The molecule has 0 aliphatic rings. The van der Waals surface area contributed by atoms with E-state index in [-0.39, 0.29) is 6.61 Å². The molecule has 0 fully saturated rings. The number of rotatable bonds is 5. The molecule has 0 bridgehead atoms. The first-order chi connectivity index (χ1) is 5.07. The van der Waals surface area contributed by atoms with Gasteiger partial charge in [0.05, 0.1) is 6.61 Å². The lowest BCUT2D eigenvalue weighted by Gasteiger charge is -2.05. The van der Waals surface area contributed by atoms with E-state index in [1.54, 1.807) is 0 Å². The average Bonchev–Trinajstić information content (AvgIpc) is 1.87. The lowest BCUT2D eigenvalue weighted by Crippen LogP contribution is -2.18. The molecular weight excluding hydrogens is 185 g/mol. The third kappa shape index (κ3) is 5.16. The van der Waals surface area contributed by atoms with Gasteiger partial charge in [-0.3, -0.25) is 4.18 Å². The fourth-order valence-electron chi connectivity index (χ4n) is 0.241. The molecule has 3 nitrogen and oxygen atoms in total. The van der Waals surface area contributed by atoms with Gasteiger partial charge in [-0.2, -0.15) is 4.21 Å². The first-order valence-corrected chi connectivity index (χ1v) is 3.72. The molecule has 0 radical (unpaired) electrons. The van der Waals surface area contributed by atoms with Crippen LogP contribution in [0, 0.1) is 0 Å². The Bertz CT molecular complexity index is 132. The number of halogens is 3. The summed E-state index contributed by atoms with van der Waals surface area (Å²) in [6, 6.07) is 0. The topological polar surface area (TPSA) is 35.5 Å². The molecule has 7 heteroatoms. The molecule has 0 aromatic heterocycles. The van der Waals surface area contributed by atoms with Crippen LogP contribution in [0.5, 0.6) is 0 Å². The molecule has 0 aromatic carbocycles. The summed E-state index contributed by atoms with van der Waals surface area (Å²) in [6.07, 6.45) is -6.17. The highest BCUT2D eigenvalue weighted by Crippen LogP contribution is 2.08. The number of hydrogen-bond donors (Lipinski definition) is 0. The summed E-state index contributed by atoms with van der Waals surface area (Å²) in [7, 11) is 0. The maximum absolute atomic E-state index is 11.9. The fraction of sp³-hybridized carbons (Fsp3) is 1.00. The SMILES string of the molecule is CCOS(=O)OC(F)C(F)F. The third-order valence-electron chi connectivity index (χ3n) is 0.583. The molecule has 0 N–H and O–H groups in total. The van der Waals surface area contributed by atoms with Gasteiger partial charge in [0.15, 0.2) is 0 Å². The van der Waals surface area contributed by atoms with Crippen LogP contribution in [0.1, 0.15) is 6.92 Å². The smallest absolute Gasteiger partial charge is 0.269 e. The minimum Gasteiger partial charge on any atom is -0.269 e. The Morgan fingerprint density at radius 1 is 1.45 bits per heavy atom. The zero-order valence-corrected chi connectivity index (χ0v) is 6.45. The van der Waals surface area contributed by atoms with Crippen LogP contribution >= 0.6 is 0 Å². The molecule has 0 amide bonds. The zero-order valence-electron chi connectivity index (χ0n) is 5.63. The van der Waals surface area contributed by atoms with E-state index in [2.05, 4.69) is 8.37 Å². The summed E-state index contributed by atoms with van der Waals surface area (Å²) in [5.74, 6) is 0. The largest absolute Gasteiger partial charge is 0.307 e.